The van der Waals surface area contributed by atoms with Gasteiger partial charge in [0.2, 0.25) is 5.95 Å². The minimum absolute atomic E-state index is 0.0585. The Balaban J connectivity index is 1.37. The zero-order chi connectivity index (χ0) is 20.4. The minimum Gasteiger partial charge on any atom is -0.368 e. The molecule has 1 aromatic heterocycles. The van der Waals surface area contributed by atoms with Gasteiger partial charge in [-0.05, 0) is 49.8 Å². The van der Waals surface area contributed by atoms with Gasteiger partial charge < -0.3 is 14.7 Å². The molecule has 0 radical (unpaired) electrons. The van der Waals surface area contributed by atoms with E-state index in [4.69, 9.17) is 0 Å². The number of hydrogen-bond acceptors (Lipinski definition) is 5. The molecule has 1 aromatic carbocycles. The molecule has 29 heavy (non-hydrogen) atoms. The van der Waals surface area contributed by atoms with E-state index in [0.717, 1.165) is 58.1 Å². The average Bonchev–Trinajstić information content (AvgIpc) is 2.76. The Hall–Kier alpha value is -2.63. The topological polar surface area (TPSA) is 52.6 Å². The number of likely N-dealkylation sites (tertiary alicyclic amines) is 1. The van der Waals surface area contributed by atoms with E-state index in [1.165, 1.54) is 16.8 Å². The molecule has 0 bridgehead atoms. The van der Waals surface area contributed by atoms with E-state index in [1.54, 1.807) is 12.4 Å². The van der Waals surface area contributed by atoms with E-state index in [1.807, 2.05) is 4.90 Å². The van der Waals surface area contributed by atoms with E-state index < -0.39 is 0 Å². The number of aryl methyl sites for hydroxylation is 1. The zero-order valence-corrected chi connectivity index (χ0v) is 17.8. The van der Waals surface area contributed by atoms with Crippen LogP contribution in [0.3, 0.4) is 0 Å². The molecule has 2 aromatic rings. The highest BCUT2D eigenvalue weighted by Gasteiger charge is 2.23. The lowest BCUT2D eigenvalue weighted by Crippen LogP contribution is -2.47. The molecule has 0 aliphatic carbocycles. The molecular weight excluding hydrogens is 362 g/mol. The summed E-state index contributed by atoms with van der Waals surface area (Å²) in [4.78, 5) is 28.3. The minimum atomic E-state index is 0.0585. The van der Waals surface area contributed by atoms with Gasteiger partial charge in [0.05, 0.1) is 5.56 Å². The largest absolute Gasteiger partial charge is 0.368 e. The normalized spacial score (nSPS) is 18.2. The van der Waals surface area contributed by atoms with Crippen molar-refractivity contribution in [3.05, 3.63) is 47.3 Å². The molecule has 1 amide bonds. The molecular formula is C23H31N5O. The SMILES string of the molecule is Cc1cccc(N2CCN(c3ncc(C(=O)N4CCC(C)CC4)cn3)CC2)c1C. The van der Waals surface area contributed by atoms with Crippen molar-refractivity contribution >= 4 is 17.5 Å². The first-order valence-corrected chi connectivity index (χ1v) is 10.7. The smallest absolute Gasteiger partial charge is 0.256 e. The van der Waals surface area contributed by atoms with Gasteiger partial charge in [0.1, 0.15) is 0 Å². The van der Waals surface area contributed by atoms with Crippen LogP contribution in [0.15, 0.2) is 30.6 Å². The second-order valence-electron chi connectivity index (χ2n) is 8.44. The Morgan fingerprint density at radius 1 is 0.931 bits per heavy atom. The number of benzene rings is 1. The molecule has 2 aliphatic heterocycles. The van der Waals surface area contributed by atoms with Crippen molar-refractivity contribution < 1.29 is 4.79 Å². The van der Waals surface area contributed by atoms with Crippen LogP contribution in [0.4, 0.5) is 11.6 Å². The fraction of sp³-hybridized carbons (Fsp3) is 0.522. The van der Waals surface area contributed by atoms with Crippen LogP contribution in [0.25, 0.3) is 0 Å². The second-order valence-corrected chi connectivity index (χ2v) is 8.44. The fourth-order valence-electron chi connectivity index (χ4n) is 4.21. The Labute approximate surface area is 173 Å². The monoisotopic (exact) mass is 393 g/mol. The summed E-state index contributed by atoms with van der Waals surface area (Å²) >= 11 is 0. The van der Waals surface area contributed by atoms with Crippen LogP contribution < -0.4 is 9.80 Å². The van der Waals surface area contributed by atoms with Crippen LogP contribution >= 0.6 is 0 Å². The van der Waals surface area contributed by atoms with Gasteiger partial charge in [-0.3, -0.25) is 4.79 Å². The van der Waals surface area contributed by atoms with Crippen molar-refractivity contribution in [3.63, 3.8) is 0 Å². The van der Waals surface area contributed by atoms with Crippen LogP contribution in [0.1, 0.15) is 41.3 Å². The number of hydrogen-bond donors (Lipinski definition) is 0. The first kappa shape index (κ1) is 19.7. The van der Waals surface area contributed by atoms with Crippen molar-refractivity contribution in [2.24, 2.45) is 5.92 Å². The van der Waals surface area contributed by atoms with E-state index in [2.05, 4.69) is 58.7 Å². The lowest BCUT2D eigenvalue weighted by atomic mass is 9.99. The van der Waals surface area contributed by atoms with Crippen molar-refractivity contribution in [3.8, 4) is 0 Å². The highest BCUT2D eigenvalue weighted by atomic mass is 16.2. The maximum Gasteiger partial charge on any atom is 0.256 e. The molecule has 6 nitrogen and oxygen atoms in total. The molecule has 0 atom stereocenters. The molecule has 3 heterocycles. The maximum atomic E-state index is 12.7. The van der Waals surface area contributed by atoms with Crippen molar-refractivity contribution in [2.75, 3.05) is 49.1 Å². The number of amides is 1. The average molecular weight is 394 g/mol. The lowest BCUT2D eigenvalue weighted by molar-refractivity contribution is 0.0696. The van der Waals surface area contributed by atoms with Crippen LogP contribution in [0.5, 0.6) is 0 Å². The number of piperidine rings is 1. The summed E-state index contributed by atoms with van der Waals surface area (Å²) in [6.45, 7) is 11.9. The molecule has 2 fully saturated rings. The van der Waals surface area contributed by atoms with Crippen LogP contribution in [0, 0.1) is 19.8 Å². The van der Waals surface area contributed by atoms with Gasteiger partial charge >= 0.3 is 0 Å². The number of nitrogens with zero attached hydrogens (tertiary/aromatic N) is 5. The molecule has 0 saturated carbocycles. The van der Waals surface area contributed by atoms with Gasteiger partial charge in [0.15, 0.2) is 0 Å². The van der Waals surface area contributed by atoms with Crippen molar-refractivity contribution in [2.45, 2.75) is 33.6 Å². The van der Waals surface area contributed by atoms with E-state index >= 15 is 0 Å². The van der Waals surface area contributed by atoms with Gasteiger partial charge in [0, 0.05) is 57.3 Å². The van der Waals surface area contributed by atoms with E-state index in [9.17, 15) is 4.79 Å². The second kappa shape index (κ2) is 8.39. The van der Waals surface area contributed by atoms with Gasteiger partial charge in [-0.25, -0.2) is 9.97 Å². The van der Waals surface area contributed by atoms with E-state index in [0.29, 0.717) is 11.5 Å². The Kier molecular flexibility index (Phi) is 5.69. The highest BCUT2D eigenvalue weighted by molar-refractivity contribution is 5.93. The maximum absolute atomic E-state index is 12.7. The first-order valence-electron chi connectivity index (χ1n) is 10.7. The Morgan fingerprint density at radius 2 is 1.55 bits per heavy atom. The quantitative estimate of drug-likeness (QED) is 0.801. The summed E-state index contributed by atoms with van der Waals surface area (Å²) in [5.41, 5.74) is 4.60. The molecule has 154 valence electrons. The zero-order valence-electron chi connectivity index (χ0n) is 17.8. The Morgan fingerprint density at radius 3 is 2.21 bits per heavy atom. The number of anilines is 2. The van der Waals surface area contributed by atoms with Gasteiger partial charge in [-0.1, -0.05) is 19.1 Å². The van der Waals surface area contributed by atoms with Crippen molar-refractivity contribution in [1.82, 2.24) is 14.9 Å². The van der Waals surface area contributed by atoms with Crippen LogP contribution in [-0.4, -0.2) is 60.0 Å². The lowest BCUT2D eigenvalue weighted by Gasteiger charge is -2.37. The number of carbonyl (C=O) groups is 1. The number of piperazine rings is 1. The summed E-state index contributed by atoms with van der Waals surface area (Å²) in [5.74, 6) is 1.48. The summed E-state index contributed by atoms with van der Waals surface area (Å²) in [6.07, 6.45) is 5.55. The summed E-state index contributed by atoms with van der Waals surface area (Å²) in [5, 5.41) is 0. The van der Waals surface area contributed by atoms with Crippen molar-refractivity contribution in [1.29, 1.82) is 0 Å². The van der Waals surface area contributed by atoms with Gasteiger partial charge in [0.25, 0.3) is 5.91 Å². The van der Waals surface area contributed by atoms with Gasteiger partial charge in [-0.15, -0.1) is 0 Å². The molecule has 0 N–H and O–H groups in total. The molecule has 2 aliphatic rings. The third-order valence-electron chi connectivity index (χ3n) is 6.44. The molecule has 0 spiro atoms. The molecule has 2 saturated heterocycles. The predicted octanol–water partition coefficient (Wildman–Crippen LogP) is 3.29. The number of carbonyl (C=O) groups excluding carboxylic acids is 1. The van der Waals surface area contributed by atoms with Gasteiger partial charge in [-0.2, -0.15) is 0 Å². The summed E-state index contributed by atoms with van der Waals surface area (Å²) < 4.78 is 0. The molecule has 4 rings (SSSR count). The van der Waals surface area contributed by atoms with Crippen LogP contribution in [-0.2, 0) is 0 Å². The standard InChI is InChI=1S/C23H31N5O/c1-17-7-9-27(10-8-17)22(29)20-15-24-23(25-16-20)28-13-11-26(12-14-28)21-6-4-5-18(2)19(21)3/h4-6,15-17H,7-14H2,1-3H3. The highest BCUT2D eigenvalue weighted by Crippen LogP contribution is 2.25. The molecule has 0 unspecified atom stereocenters. The summed E-state index contributed by atoms with van der Waals surface area (Å²) in [7, 11) is 0. The predicted molar refractivity (Wildman–Crippen MR) is 117 cm³/mol. The number of rotatable bonds is 3. The summed E-state index contributed by atoms with van der Waals surface area (Å²) in [6, 6.07) is 6.50. The fourth-order valence-corrected chi connectivity index (χ4v) is 4.21. The third-order valence-corrected chi connectivity index (χ3v) is 6.44. The Bertz CT molecular complexity index is 850. The van der Waals surface area contributed by atoms with E-state index in [-0.39, 0.29) is 5.91 Å². The van der Waals surface area contributed by atoms with Crippen LogP contribution in [0.2, 0.25) is 0 Å². The third kappa shape index (κ3) is 4.21. The first-order chi connectivity index (χ1) is 14.0. The molecule has 6 heteroatoms. The number of aromatic nitrogens is 2.